The van der Waals surface area contributed by atoms with Crippen molar-refractivity contribution in [2.75, 3.05) is 13.2 Å². The molecule has 2 aromatic carbocycles. The van der Waals surface area contributed by atoms with Gasteiger partial charge in [-0.15, -0.1) is 0 Å². The molecule has 2 aromatic rings. The topological polar surface area (TPSA) is 52.6 Å². The van der Waals surface area contributed by atoms with E-state index >= 15 is 0 Å². The van der Waals surface area contributed by atoms with Crippen molar-refractivity contribution in [2.24, 2.45) is 0 Å². The van der Waals surface area contributed by atoms with Crippen LogP contribution in [0.2, 0.25) is 0 Å². The molecule has 1 fully saturated rings. The van der Waals surface area contributed by atoms with Crippen molar-refractivity contribution in [2.45, 2.75) is 69.5 Å². The molecule has 1 aliphatic heterocycles. The average molecular weight is 431 g/mol. The van der Waals surface area contributed by atoms with E-state index in [0.717, 1.165) is 43.6 Å². The van der Waals surface area contributed by atoms with Crippen LogP contribution in [-0.4, -0.2) is 32.5 Å². The smallest absolute Gasteiger partial charge is 0.159 e. The van der Waals surface area contributed by atoms with Crippen LogP contribution in [0.5, 0.6) is 5.75 Å². The fourth-order valence-corrected chi connectivity index (χ4v) is 4.47. The van der Waals surface area contributed by atoms with Crippen LogP contribution in [0.3, 0.4) is 0 Å². The second-order valence-electron chi connectivity index (χ2n) is 9.13. The van der Waals surface area contributed by atoms with Gasteiger partial charge in [-0.05, 0) is 81.7 Å². The third-order valence-electron chi connectivity index (χ3n) is 5.65. The molecule has 0 amide bonds. The van der Waals surface area contributed by atoms with E-state index in [1.54, 1.807) is 20.8 Å². The van der Waals surface area contributed by atoms with Gasteiger partial charge in [0.15, 0.2) is 9.84 Å². The van der Waals surface area contributed by atoms with E-state index in [2.05, 4.69) is 12.1 Å². The lowest BCUT2D eigenvalue weighted by Gasteiger charge is -2.22. The van der Waals surface area contributed by atoms with Crippen LogP contribution in [0.1, 0.15) is 56.7 Å². The summed E-state index contributed by atoms with van der Waals surface area (Å²) >= 11 is 0. The Morgan fingerprint density at radius 1 is 0.900 bits per heavy atom. The van der Waals surface area contributed by atoms with Crippen LogP contribution < -0.4 is 4.74 Å². The lowest BCUT2D eigenvalue weighted by molar-refractivity contribution is -0.0110. The minimum atomic E-state index is -3.15. The Morgan fingerprint density at radius 3 is 2.00 bits per heavy atom. The van der Waals surface area contributed by atoms with E-state index in [1.165, 1.54) is 17.5 Å². The Morgan fingerprint density at radius 2 is 1.47 bits per heavy atom. The maximum absolute atomic E-state index is 12.4. The number of ether oxygens (including phenoxy) is 2. The fourth-order valence-electron chi connectivity index (χ4n) is 3.41. The quantitative estimate of drug-likeness (QED) is 0.582. The lowest BCUT2D eigenvalue weighted by Crippen LogP contribution is -2.29. The Balaban J connectivity index is 1.47. The molecule has 3 rings (SSSR count). The van der Waals surface area contributed by atoms with E-state index in [9.17, 15) is 8.42 Å². The zero-order valence-electron chi connectivity index (χ0n) is 18.4. The summed E-state index contributed by atoms with van der Waals surface area (Å²) in [5.41, 5.74) is 3.31. The molecule has 0 N–H and O–H groups in total. The first-order valence-electron chi connectivity index (χ1n) is 10.9. The number of hydrogen-bond donors (Lipinski definition) is 0. The number of aryl methyl sites for hydroxylation is 2. The molecule has 0 spiro atoms. The van der Waals surface area contributed by atoms with E-state index in [-0.39, 0.29) is 11.9 Å². The summed E-state index contributed by atoms with van der Waals surface area (Å²) in [6.45, 7) is 6.71. The van der Waals surface area contributed by atoms with Crippen molar-refractivity contribution in [1.82, 2.24) is 0 Å². The molecule has 0 radical (unpaired) electrons. The zero-order chi connectivity index (χ0) is 21.6. The Hall–Kier alpha value is -1.85. The molecule has 0 aromatic heterocycles. The molecule has 4 nitrogen and oxygen atoms in total. The van der Waals surface area contributed by atoms with Crippen molar-refractivity contribution < 1.29 is 17.9 Å². The summed E-state index contributed by atoms with van der Waals surface area (Å²) < 4.78 is 35.6. The highest BCUT2D eigenvalue weighted by Crippen LogP contribution is 2.21. The predicted molar refractivity (Wildman–Crippen MR) is 122 cm³/mol. The third kappa shape index (κ3) is 6.58. The first-order chi connectivity index (χ1) is 14.2. The van der Waals surface area contributed by atoms with E-state index in [4.69, 9.17) is 9.47 Å². The van der Waals surface area contributed by atoms with Gasteiger partial charge in [-0.2, -0.15) is 0 Å². The summed E-state index contributed by atoms with van der Waals surface area (Å²) in [5.74, 6) is 0.974. The van der Waals surface area contributed by atoms with Gasteiger partial charge in [-0.3, -0.25) is 0 Å². The summed E-state index contributed by atoms with van der Waals surface area (Å²) in [6, 6.07) is 16.2. The monoisotopic (exact) mass is 430 g/mol. The van der Waals surface area contributed by atoms with Crippen molar-refractivity contribution >= 4 is 9.84 Å². The second-order valence-corrected chi connectivity index (χ2v) is 11.9. The van der Waals surface area contributed by atoms with Gasteiger partial charge in [-0.1, -0.05) is 36.4 Å². The Bertz CT molecular complexity index is 888. The number of sulfone groups is 1. The summed E-state index contributed by atoms with van der Waals surface area (Å²) in [7, 11) is -3.15. The molecule has 1 saturated heterocycles. The standard InChI is InChI=1S/C25H34O4S/c1-25(2,3)30(26,27)19-22-11-9-20(10-12-22)7-8-21-13-15-23(16-14-21)29-18-24-6-4-5-17-28-24/h9-16,24H,4-8,17-19H2,1-3H3. The molecular formula is C25H34O4S. The molecule has 30 heavy (non-hydrogen) atoms. The highest BCUT2D eigenvalue weighted by Gasteiger charge is 2.28. The molecule has 0 saturated carbocycles. The van der Waals surface area contributed by atoms with Crippen molar-refractivity contribution in [3.63, 3.8) is 0 Å². The first kappa shape index (κ1) is 22.8. The molecule has 0 bridgehead atoms. The van der Waals surface area contributed by atoms with Gasteiger partial charge in [0, 0.05) is 6.61 Å². The van der Waals surface area contributed by atoms with E-state index in [1.807, 2.05) is 36.4 Å². The van der Waals surface area contributed by atoms with Crippen LogP contribution in [-0.2, 0) is 33.2 Å². The lowest BCUT2D eigenvalue weighted by atomic mass is 10.0. The molecule has 1 aliphatic rings. The summed E-state index contributed by atoms with van der Waals surface area (Å²) in [5, 5.41) is 0. The van der Waals surface area contributed by atoms with Crippen molar-refractivity contribution in [3.8, 4) is 5.75 Å². The van der Waals surface area contributed by atoms with Crippen LogP contribution >= 0.6 is 0 Å². The van der Waals surface area contributed by atoms with Gasteiger partial charge in [-0.25, -0.2) is 8.42 Å². The largest absolute Gasteiger partial charge is 0.491 e. The van der Waals surface area contributed by atoms with Gasteiger partial charge in [0.25, 0.3) is 0 Å². The first-order valence-corrected chi connectivity index (χ1v) is 12.5. The van der Waals surface area contributed by atoms with Crippen LogP contribution in [0.25, 0.3) is 0 Å². The minimum absolute atomic E-state index is 0.0874. The molecule has 164 valence electrons. The maximum Gasteiger partial charge on any atom is 0.159 e. The van der Waals surface area contributed by atoms with Gasteiger partial charge in [0.1, 0.15) is 12.4 Å². The molecule has 0 aliphatic carbocycles. The van der Waals surface area contributed by atoms with E-state index < -0.39 is 14.6 Å². The summed E-state index contributed by atoms with van der Waals surface area (Å²) in [6.07, 6.45) is 5.54. The number of hydrogen-bond acceptors (Lipinski definition) is 4. The van der Waals surface area contributed by atoms with Gasteiger partial charge >= 0.3 is 0 Å². The number of rotatable bonds is 8. The Labute approximate surface area is 181 Å². The van der Waals surface area contributed by atoms with Gasteiger partial charge < -0.3 is 9.47 Å². The molecular weight excluding hydrogens is 396 g/mol. The fraction of sp³-hybridized carbons (Fsp3) is 0.520. The third-order valence-corrected chi connectivity index (χ3v) is 8.23. The van der Waals surface area contributed by atoms with Crippen molar-refractivity contribution in [3.05, 3.63) is 65.2 Å². The molecule has 1 atom stereocenters. The number of benzene rings is 2. The van der Waals surface area contributed by atoms with Crippen molar-refractivity contribution in [1.29, 1.82) is 0 Å². The van der Waals surface area contributed by atoms with Gasteiger partial charge in [0.2, 0.25) is 0 Å². The predicted octanol–water partition coefficient (Wildman–Crippen LogP) is 5.13. The highest BCUT2D eigenvalue weighted by atomic mass is 32.2. The second kappa shape index (κ2) is 9.97. The Kier molecular flexibility index (Phi) is 7.59. The van der Waals surface area contributed by atoms with E-state index in [0.29, 0.717) is 6.61 Å². The molecule has 1 heterocycles. The van der Waals surface area contributed by atoms with Crippen LogP contribution in [0, 0.1) is 0 Å². The van der Waals surface area contributed by atoms with Crippen LogP contribution in [0.15, 0.2) is 48.5 Å². The summed E-state index contributed by atoms with van der Waals surface area (Å²) in [4.78, 5) is 0. The van der Waals surface area contributed by atoms with Gasteiger partial charge in [0.05, 0.1) is 16.6 Å². The molecule has 1 unspecified atom stereocenters. The zero-order valence-corrected chi connectivity index (χ0v) is 19.2. The highest BCUT2D eigenvalue weighted by molar-refractivity contribution is 7.91. The minimum Gasteiger partial charge on any atom is -0.491 e. The normalized spacial score (nSPS) is 17.6. The molecule has 5 heteroatoms. The average Bonchev–Trinajstić information content (AvgIpc) is 2.72. The maximum atomic E-state index is 12.4. The van der Waals surface area contributed by atoms with Crippen LogP contribution in [0.4, 0.5) is 0 Å². The SMILES string of the molecule is CC(C)(C)S(=O)(=O)Cc1ccc(CCc2ccc(OCC3CCCCO3)cc2)cc1.